The van der Waals surface area contributed by atoms with Gasteiger partial charge in [-0.2, -0.15) is 0 Å². The van der Waals surface area contributed by atoms with Gasteiger partial charge in [-0.3, -0.25) is 0 Å². The zero-order valence-corrected chi connectivity index (χ0v) is 13.8. The molecule has 0 aliphatic heterocycles. The lowest BCUT2D eigenvalue weighted by Gasteiger charge is -2.19. The number of nitrogens with zero attached hydrogens (tertiary/aromatic N) is 1. The number of hydrogen-bond donors (Lipinski definition) is 0. The largest absolute Gasteiger partial charge is 0.465 e. The topological polar surface area (TPSA) is 48.4 Å². The fraction of sp³-hybridized carbons (Fsp3) is 0.294. The predicted molar refractivity (Wildman–Crippen MR) is 85.8 cm³/mol. The predicted octanol–water partition coefficient (Wildman–Crippen LogP) is 4.61. The molecule has 5 heteroatoms. The lowest BCUT2D eigenvalue weighted by atomic mass is 9.87. The van der Waals surface area contributed by atoms with Crippen LogP contribution < -0.4 is 4.74 Å². The first-order valence-corrected chi connectivity index (χ1v) is 7.22. The van der Waals surface area contributed by atoms with E-state index in [1.165, 1.54) is 18.7 Å². The third-order valence-corrected chi connectivity index (χ3v) is 3.46. The standard InChI is InChI=1S/C17H18ClNO3/c1-17(2,3)11-5-7-12(8-6-11)22-14-10-9-13(15(18)19-14)16(20)21-4/h5-10H,1-4H3. The molecule has 0 saturated carbocycles. The number of hydrogen-bond acceptors (Lipinski definition) is 4. The Labute approximate surface area is 135 Å². The van der Waals surface area contributed by atoms with E-state index < -0.39 is 5.97 Å². The highest BCUT2D eigenvalue weighted by Gasteiger charge is 2.15. The summed E-state index contributed by atoms with van der Waals surface area (Å²) in [6.07, 6.45) is 0. The molecule has 116 valence electrons. The van der Waals surface area contributed by atoms with Crippen molar-refractivity contribution in [3.8, 4) is 11.6 Å². The molecule has 2 rings (SSSR count). The molecule has 0 atom stereocenters. The molecule has 0 amide bonds. The number of carbonyl (C=O) groups excluding carboxylic acids is 1. The molecule has 0 aliphatic carbocycles. The summed E-state index contributed by atoms with van der Waals surface area (Å²) >= 11 is 5.96. The van der Waals surface area contributed by atoms with Crippen LogP contribution in [0.4, 0.5) is 0 Å². The van der Waals surface area contributed by atoms with Gasteiger partial charge < -0.3 is 9.47 Å². The van der Waals surface area contributed by atoms with Crippen LogP contribution in [0.1, 0.15) is 36.7 Å². The van der Waals surface area contributed by atoms with E-state index in [9.17, 15) is 4.79 Å². The van der Waals surface area contributed by atoms with E-state index in [0.717, 1.165) is 0 Å². The summed E-state index contributed by atoms with van der Waals surface area (Å²) in [5.41, 5.74) is 1.51. The van der Waals surface area contributed by atoms with Gasteiger partial charge in [0.1, 0.15) is 10.9 Å². The Morgan fingerprint density at radius 3 is 2.23 bits per heavy atom. The molecule has 4 nitrogen and oxygen atoms in total. The Kier molecular flexibility index (Phi) is 4.71. The number of ether oxygens (including phenoxy) is 2. The summed E-state index contributed by atoms with van der Waals surface area (Å²) in [7, 11) is 1.29. The van der Waals surface area contributed by atoms with Crippen LogP contribution in [0, 0.1) is 0 Å². The van der Waals surface area contributed by atoms with Crippen molar-refractivity contribution in [1.82, 2.24) is 4.98 Å². The van der Waals surface area contributed by atoms with Crippen LogP contribution >= 0.6 is 11.6 Å². The second kappa shape index (κ2) is 6.36. The number of halogens is 1. The zero-order chi connectivity index (χ0) is 16.3. The maximum Gasteiger partial charge on any atom is 0.341 e. The molecule has 1 aromatic carbocycles. The van der Waals surface area contributed by atoms with Gasteiger partial charge in [-0.25, -0.2) is 9.78 Å². The summed E-state index contributed by atoms with van der Waals surface area (Å²) in [6, 6.07) is 10.9. The normalized spacial score (nSPS) is 11.1. The number of aromatic nitrogens is 1. The molecular weight excluding hydrogens is 302 g/mol. The maximum atomic E-state index is 11.4. The van der Waals surface area contributed by atoms with Gasteiger partial charge in [-0.05, 0) is 29.2 Å². The van der Waals surface area contributed by atoms with Crippen molar-refractivity contribution in [1.29, 1.82) is 0 Å². The van der Waals surface area contributed by atoms with Crippen molar-refractivity contribution >= 4 is 17.6 Å². The van der Waals surface area contributed by atoms with Crippen LogP contribution in [0.25, 0.3) is 0 Å². The molecule has 1 heterocycles. The number of pyridine rings is 1. The summed E-state index contributed by atoms with van der Waals surface area (Å²) in [4.78, 5) is 15.5. The fourth-order valence-corrected chi connectivity index (χ4v) is 2.10. The Hall–Kier alpha value is -2.07. The second-order valence-electron chi connectivity index (χ2n) is 5.86. The number of methoxy groups -OCH3 is 1. The number of carbonyl (C=O) groups is 1. The van der Waals surface area contributed by atoms with E-state index in [2.05, 4.69) is 30.5 Å². The van der Waals surface area contributed by atoms with E-state index in [1.54, 1.807) is 6.07 Å². The second-order valence-corrected chi connectivity index (χ2v) is 6.21. The van der Waals surface area contributed by atoms with Crippen LogP contribution in [0.5, 0.6) is 11.6 Å². The molecule has 0 fully saturated rings. The molecule has 0 saturated heterocycles. The number of benzene rings is 1. The highest BCUT2D eigenvalue weighted by Crippen LogP contribution is 2.27. The van der Waals surface area contributed by atoms with Crippen molar-refractivity contribution in [2.24, 2.45) is 0 Å². The molecule has 0 radical (unpaired) electrons. The van der Waals surface area contributed by atoms with Gasteiger partial charge in [0.25, 0.3) is 0 Å². The van der Waals surface area contributed by atoms with Crippen LogP contribution in [0.15, 0.2) is 36.4 Å². The van der Waals surface area contributed by atoms with Crippen molar-refractivity contribution in [3.63, 3.8) is 0 Å². The quantitative estimate of drug-likeness (QED) is 0.612. The van der Waals surface area contributed by atoms with E-state index in [4.69, 9.17) is 16.3 Å². The Bertz CT molecular complexity index is 675. The minimum absolute atomic E-state index is 0.0515. The lowest BCUT2D eigenvalue weighted by molar-refractivity contribution is 0.0600. The van der Waals surface area contributed by atoms with Crippen molar-refractivity contribution < 1.29 is 14.3 Å². The van der Waals surface area contributed by atoms with Gasteiger partial charge in [-0.15, -0.1) is 0 Å². The summed E-state index contributed by atoms with van der Waals surface area (Å²) in [5.74, 6) is 0.446. The van der Waals surface area contributed by atoms with E-state index >= 15 is 0 Å². The average molecular weight is 320 g/mol. The van der Waals surface area contributed by atoms with E-state index in [0.29, 0.717) is 11.6 Å². The van der Waals surface area contributed by atoms with Gasteiger partial charge in [0.15, 0.2) is 0 Å². The third kappa shape index (κ3) is 3.77. The van der Waals surface area contributed by atoms with Crippen LogP contribution in [-0.4, -0.2) is 18.1 Å². The Morgan fingerprint density at radius 1 is 1.09 bits per heavy atom. The molecule has 2 aromatic rings. The van der Waals surface area contributed by atoms with Gasteiger partial charge in [0, 0.05) is 6.07 Å². The first kappa shape index (κ1) is 16.3. The Morgan fingerprint density at radius 2 is 1.73 bits per heavy atom. The Balaban J connectivity index is 2.17. The van der Waals surface area contributed by atoms with Gasteiger partial charge in [-0.1, -0.05) is 44.5 Å². The highest BCUT2D eigenvalue weighted by molar-refractivity contribution is 6.32. The van der Waals surface area contributed by atoms with Crippen molar-refractivity contribution in [3.05, 3.63) is 52.7 Å². The fourth-order valence-electron chi connectivity index (χ4n) is 1.88. The lowest BCUT2D eigenvalue weighted by Crippen LogP contribution is -2.10. The number of rotatable bonds is 3. The molecule has 0 bridgehead atoms. The minimum Gasteiger partial charge on any atom is -0.465 e. The minimum atomic E-state index is -0.529. The molecule has 22 heavy (non-hydrogen) atoms. The highest BCUT2D eigenvalue weighted by atomic mass is 35.5. The first-order valence-electron chi connectivity index (χ1n) is 6.84. The molecular formula is C17H18ClNO3. The molecule has 0 aliphatic rings. The van der Waals surface area contributed by atoms with E-state index in [1.807, 2.05) is 24.3 Å². The SMILES string of the molecule is COC(=O)c1ccc(Oc2ccc(C(C)(C)C)cc2)nc1Cl. The monoisotopic (exact) mass is 319 g/mol. The van der Waals surface area contributed by atoms with Gasteiger partial charge in [0.05, 0.1) is 12.7 Å². The molecule has 0 N–H and O–H groups in total. The number of esters is 1. The van der Waals surface area contributed by atoms with E-state index in [-0.39, 0.29) is 16.1 Å². The molecule has 0 unspecified atom stereocenters. The van der Waals surface area contributed by atoms with Gasteiger partial charge >= 0.3 is 5.97 Å². The first-order chi connectivity index (χ1) is 10.3. The van der Waals surface area contributed by atoms with Gasteiger partial charge in [0.2, 0.25) is 5.88 Å². The molecule has 1 aromatic heterocycles. The zero-order valence-electron chi connectivity index (χ0n) is 13.0. The summed E-state index contributed by atoms with van der Waals surface area (Å²) in [6.45, 7) is 6.45. The van der Waals surface area contributed by atoms with Crippen LogP contribution in [0.3, 0.4) is 0 Å². The summed E-state index contributed by atoms with van der Waals surface area (Å²) < 4.78 is 10.3. The molecule has 0 spiro atoms. The van der Waals surface area contributed by atoms with Crippen molar-refractivity contribution in [2.45, 2.75) is 26.2 Å². The van der Waals surface area contributed by atoms with Crippen LogP contribution in [-0.2, 0) is 10.2 Å². The smallest absolute Gasteiger partial charge is 0.341 e. The maximum absolute atomic E-state index is 11.4. The van der Waals surface area contributed by atoms with Crippen LogP contribution in [0.2, 0.25) is 5.15 Å². The average Bonchev–Trinajstić information content (AvgIpc) is 2.46. The van der Waals surface area contributed by atoms with Crippen molar-refractivity contribution in [2.75, 3.05) is 7.11 Å². The summed E-state index contributed by atoms with van der Waals surface area (Å²) in [5, 5.41) is 0.0515. The third-order valence-electron chi connectivity index (χ3n) is 3.17.